The summed E-state index contributed by atoms with van der Waals surface area (Å²) in [6, 6.07) is 4.95. The number of fused-ring (bicyclic) bond motifs is 1. The van der Waals surface area contributed by atoms with Crippen LogP contribution in [0.4, 0.5) is 13.2 Å². The first-order chi connectivity index (χ1) is 9.86. The number of ketones is 1. The number of Topliss-reactive ketones (excluding diaryl/α,β-unsaturated/α-hetero) is 1. The van der Waals surface area contributed by atoms with Crippen LogP contribution in [0.3, 0.4) is 0 Å². The molecule has 0 aliphatic carbocycles. The number of aromatic nitrogens is 1. The summed E-state index contributed by atoms with van der Waals surface area (Å²) in [5.41, 5.74) is -0.695. The third kappa shape index (κ3) is 3.20. The molecule has 0 N–H and O–H groups in total. The first-order valence-electron chi connectivity index (χ1n) is 5.75. The molecule has 1 aromatic carbocycles. The van der Waals surface area contributed by atoms with Crippen molar-refractivity contribution < 1.29 is 22.7 Å². The highest BCUT2D eigenvalue weighted by Crippen LogP contribution is 2.34. The van der Waals surface area contributed by atoms with Gasteiger partial charge in [-0.15, -0.1) is 11.3 Å². The molecule has 0 bridgehead atoms. The topological polar surface area (TPSA) is 63.0 Å². The second kappa shape index (κ2) is 5.79. The molecule has 1 heterocycles. The van der Waals surface area contributed by atoms with Crippen molar-refractivity contribution >= 4 is 27.3 Å². The molecule has 0 aliphatic rings. The number of hydrogen-bond acceptors (Lipinski definition) is 5. The fourth-order valence-electron chi connectivity index (χ4n) is 1.74. The van der Waals surface area contributed by atoms with Crippen LogP contribution in [-0.2, 0) is 15.7 Å². The minimum Gasteiger partial charge on any atom is -0.377 e. The van der Waals surface area contributed by atoms with Gasteiger partial charge in [0.15, 0.2) is 11.7 Å². The molecule has 1 aromatic heterocycles. The molecule has 0 fully saturated rings. The largest absolute Gasteiger partial charge is 0.416 e. The Labute approximate surface area is 121 Å². The third-order valence-corrected chi connectivity index (χ3v) is 3.82. The zero-order chi connectivity index (χ0) is 15.6. The number of hydrogen-bond donors (Lipinski definition) is 0. The van der Waals surface area contributed by atoms with Crippen molar-refractivity contribution in [2.24, 2.45) is 0 Å². The van der Waals surface area contributed by atoms with Crippen molar-refractivity contribution in [2.75, 3.05) is 13.7 Å². The lowest BCUT2D eigenvalue weighted by atomic mass is 10.1. The monoisotopic (exact) mass is 314 g/mol. The van der Waals surface area contributed by atoms with Gasteiger partial charge in [0.1, 0.15) is 11.6 Å². The van der Waals surface area contributed by atoms with E-state index < -0.39 is 23.4 Å². The van der Waals surface area contributed by atoms with Crippen LogP contribution in [0.5, 0.6) is 0 Å². The SMILES string of the molecule is COCC(=O)[C@H](C#N)c1nc2cc(C(F)(F)F)ccc2s1. The molecule has 0 radical (unpaired) electrons. The van der Waals surface area contributed by atoms with Crippen molar-refractivity contribution in [1.29, 1.82) is 5.26 Å². The highest BCUT2D eigenvalue weighted by atomic mass is 32.1. The van der Waals surface area contributed by atoms with Gasteiger partial charge in [0.05, 0.1) is 21.8 Å². The van der Waals surface area contributed by atoms with E-state index in [2.05, 4.69) is 9.72 Å². The number of thiazole rings is 1. The molecule has 110 valence electrons. The van der Waals surface area contributed by atoms with E-state index >= 15 is 0 Å². The molecule has 0 spiro atoms. The molecule has 0 aliphatic heterocycles. The van der Waals surface area contributed by atoms with Gasteiger partial charge in [0.25, 0.3) is 0 Å². The van der Waals surface area contributed by atoms with Crippen molar-refractivity contribution in [3.8, 4) is 6.07 Å². The molecule has 2 rings (SSSR count). The first kappa shape index (κ1) is 15.4. The van der Waals surface area contributed by atoms with Crippen LogP contribution in [-0.4, -0.2) is 24.5 Å². The molecular weight excluding hydrogens is 305 g/mol. The van der Waals surface area contributed by atoms with Crippen molar-refractivity contribution in [3.63, 3.8) is 0 Å². The average Bonchev–Trinajstić information content (AvgIpc) is 2.81. The average molecular weight is 314 g/mol. The number of ether oxygens (including phenoxy) is 1. The van der Waals surface area contributed by atoms with Crippen LogP contribution in [0, 0.1) is 11.3 Å². The number of alkyl halides is 3. The zero-order valence-electron chi connectivity index (χ0n) is 10.8. The molecule has 0 amide bonds. The third-order valence-electron chi connectivity index (χ3n) is 2.72. The number of methoxy groups -OCH3 is 1. The maximum atomic E-state index is 12.6. The summed E-state index contributed by atoms with van der Waals surface area (Å²) in [7, 11) is 1.32. The van der Waals surface area contributed by atoms with Gasteiger partial charge >= 0.3 is 6.18 Å². The van der Waals surface area contributed by atoms with Crippen molar-refractivity contribution in [1.82, 2.24) is 4.98 Å². The van der Waals surface area contributed by atoms with Gasteiger partial charge in [-0.2, -0.15) is 18.4 Å². The molecule has 2 aromatic rings. The van der Waals surface area contributed by atoms with Crippen LogP contribution in [0.1, 0.15) is 16.5 Å². The zero-order valence-corrected chi connectivity index (χ0v) is 11.6. The summed E-state index contributed by atoms with van der Waals surface area (Å²) in [6.45, 7) is -0.248. The second-order valence-electron chi connectivity index (χ2n) is 4.19. The van der Waals surface area contributed by atoms with E-state index in [9.17, 15) is 18.0 Å². The number of rotatable bonds is 4. The molecule has 4 nitrogen and oxygen atoms in total. The number of nitriles is 1. The summed E-state index contributed by atoms with van der Waals surface area (Å²) in [5, 5.41) is 9.22. The van der Waals surface area contributed by atoms with E-state index in [0.29, 0.717) is 4.70 Å². The Morgan fingerprint density at radius 1 is 1.52 bits per heavy atom. The summed E-state index contributed by atoms with van der Waals surface area (Å²) < 4.78 is 43.0. The van der Waals surface area contributed by atoms with Crippen molar-refractivity contribution in [3.05, 3.63) is 28.8 Å². The molecule has 21 heavy (non-hydrogen) atoms. The minimum absolute atomic E-state index is 0.121. The van der Waals surface area contributed by atoms with E-state index in [-0.39, 0.29) is 17.1 Å². The summed E-state index contributed by atoms with van der Waals surface area (Å²) in [4.78, 5) is 15.7. The maximum absolute atomic E-state index is 12.6. The molecule has 0 unspecified atom stereocenters. The Hall–Kier alpha value is -1.98. The van der Waals surface area contributed by atoms with E-state index in [1.165, 1.54) is 13.2 Å². The molecule has 0 saturated carbocycles. The van der Waals surface area contributed by atoms with Gasteiger partial charge < -0.3 is 4.74 Å². The van der Waals surface area contributed by atoms with E-state index in [1.807, 2.05) is 0 Å². The Morgan fingerprint density at radius 2 is 2.24 bits per heavy atom. The van der Waals surface area contributed by atoms with Gasteiger partial charge in [0.2, 0.25) is 0 Å². The Balaban J connectivity index is 2.43. The molecule has 0 saturated heterocycles. The number of benzene rings is 1. The first-order valence-corrected chi connectivity index (χ1v) is 6.57. The Kier molecular flexibility index (Phi) is 4.25. The number of nitrogens with zero attached hydrogens (tertiary/aromatic N) is 2. The minimum atomic E-state index is -4.46. The van der Waals surface area contributed by atoms with Crippen LogP contribution < -0.4 is 0 Å². The Bertz CT molecular complexity index is 718. The van der Waals surface area contributed by atoms with Gasteiger partial charge in [-0.25, -0.2) is 4.98 Å². The fourth-order valence-corrected chi connectivity index (χ4v) is 2.75. The van der Waals surface area contributed by atoms with Crippen LogP contribution in [0.2, 0.25) is 0 Å². The predicted molar refractivity (Wildman–Crippen MR) is 69.9 cm³/mol. The van der Waals surface area contributed by atoms with Crippen molar-refractivity contribution in [2.45, 2.75) is 12.1 Å². The number of carbonyl (C=O) groups excluding carboxylic acids is 1. The highest BCUT2D eigenvalue weighted by Gasteiger charge is 2.31. The lowest BCUT2D eigenvalue weighted by molar-refractivity contribution is -0.137. The highest BCUT2D eigenvalue weighted by molar-refractivity contribution is 7.18. The second-order valence-corrected chi connectivity index (χ2v) is 5.26. The Morgan fingerprint density at radius 3 is 2.81 bits per heavy atom. The lowest BCUT2D eigenvalue weighted by Crippen LogP contribution is -2.15. The van der Waals surface area contributed by atoms with Gasteiger partial charge in [0, 0.05) is 7.11 Å². The van der Waals surface area contributed by atoms with Crippen LogP contribution >= 0.6 is 11.3 Å². The maximum Gasteiger partial charge on any atom is 0.416 e. The molecule has 8 heteroatoms. The summed E-state index contributed by atoms with van der Waals surface area (Å²) >= 11 is 1.03. The normalized spacial score (nSPS) is 13.1. The molecular formula is C13H9F3N2O2S. The lowest BCUT2D eigenvalue weighted by Gasteiger charge is -2.05. The quantitative estimate of drug-likeness (QED) is 0.870. The van der Waals surface area contributed by atoms with E-state index in [0.717, 1.165) is 23.5 Å². The predicted octanol–water partition coefficient (Wildman–Crippen LogP) is 3.14. The van der Waals surface area contributed by atoms with Gasteiger partial charge in [-0.1, -0.05) is 0 Å². The van der Waals surface area contributed by atoms with Gasteiger partial charge in [-0.3, -0.25) is 4.79 Å². The number of halogens is 3. The smallest absolute Gasteiger partial charge is 0.377 e. The van der Waals surface area contributed by atoms with Crippen LogP contribution in [0.25, 0.3) is 10.2 Å². The summed E-state index contributed by atoms with van der Waals surface area (Å²) in [6.07, 6.45) is -4.46. The molecule has 1 atom stereocenters. The standard InChI is InChI=1S/C13H9F3N2O2S/c1-20-6-10(19)8(5-17)12-18-9-4-7(13(14,15)16)2-3-11(9)21-12/h2-4,8H,6H2,1H3/t8-/m0/s1. The van der Waals surface area contributed by atoms with Crippen LogP contribution in [0.15, 0.2) is 18.2 Å². The summed E-state index contributed by atoms with van der Waals surface area (Å²) in [5.74, 6) is -1.60. The van der Waals surface area contributed by atoms with E-state index in [4.69, 9.17) is 5.26 Å². The van der Waals surface area contributed by atoms with E-state index in [1.54, 1.807) is 6.07 Å². The fraction of sp³-hybridized carbons (Fsp3) is 0.308. The van der Waals surface area contributed by atoms with Gasteiger partial charge in [-0.05, 0) is 18.2 Å². The number of carbonyl (C=O) groups is 1.